The first-order chi connectivity index (χ1) is 10.2. The minimum Gasteiger partial charge on any atom is -0.322 e. The van der Waals surface area contributed by atoms with Crippen LogP contribution < -0.4 is 10.0 Å². The van der Waals surface area contributed by atoms with E-state index in [2.05, 4.69) is 10.0 Å². The van der Waals surface area contributed by atoms with Crippen molar-refractivity contribution in [2.75, 3.05) is 16.3 Å². The molecule has 0 saturated carbocycles. The number of benzene rings is 2. The Morgan fingerprint density at radius 3 is 2.50 bits per heavy atom. The lowest BCUT2D eigenvalue weighted by molar-refractivity contribution is 0.102. The van der Waals surface area contributed by atoms with Gasteiger partial charge in [0.2, 0.25) is 10.0 Å². The van der Waals surface area contributed by atoms with Crippen LogP contribution in [0.4, 0.5) is 15.8 Å². The number of hydrogen-bond acceptors (Lipinski definition) is 3. The minimum absolute atomic E-state index is 0.200. The summed E-state index contributed by atoms with van der Waals surface area (Å²) in [5.41, 5.74) is 0.402. The highest BCUT2D eigenvalue weighted by atomic mass is 35.5. The van der Waals surface area contributed by atoms with Crippen LogP contribution >= 0.6 is 11.6 Å². The lowest BCUT2D eigenvalue weighted by Crippen LogP contribution is -2.14. The number of hydrogen-bond donors (Lipinski definition) is 2. The van der Waals surface area contributed by atoms with E-state index in [9.17, 15) is 17.6 Å². The van der Waals surface area contributed by atoms with Gasteiger partial charge in [0.25, 0.3) is 5.91 Å². The molecule has 2 aromatic carbocycles. The quantitative estimate of drug-likeness (QED) is 0.896. The van der Waals surface area contributed by atoms with E-state index in [0.717, 1.165) is 12.3 Å². The maximum Gasteiger partial charge on any atom is 0.258 e. The summed E-state index contributed by atoms with van der Waals surface area (Å²) in [6.45, 7) is 0. The molecular formula is C14H12ClFN2O3S. The van der Waals surface area contributed by atoms with Gasteiger partial charge < -0.3 is 5.32 Å². The van der Waals surface area contributed by atoms with Gasteiger partial charge in [0.15, 0.2) is 0 Å². The summed E-state index contributed by atoms with van der Waals surface area (Å²) in [4.78, 5) is 12.0. The second-order valence-electron chi connectivity index (χ2n) is 4.53. The fourth-order valence-corrected chi connectivity index (χ4v) is 2.47. The molecule has 0 aliphatic heterocycles. The van der Waals surface area contributed by atoms with Crippen LogP contribution in [0.2, 0.25) is 5.02 Å². The zero-order valence-electron chi connectivity index (χ0n) is 11.4. The molecule has 0 spiro atoms. The van der Waals surface area contributed by atoms with Crippen molar-refractivity contribution in [2.45, 2.75) is 0 Å². The summed E-state index contributed by atoms with van der Waals surface area (Å²) in [5, 5.41) is 2.72. The summed E-state index contributed by atoms with van der Waals surface area (Å²) in [7, 11) is -3.43. The zero-order chi connectivity index (χ0) is 16.3. The summed E-state index contributed by atoms with van der Waals surface area (Å²) in [6.07, 6.45) is 1.01. The molecule has 5 nitrogen and oxygen atoms in total. The predicted octanol–water partition coefficient (Wildman–Crippen LogP) is 3.10. The van der Waals surface area contributed by atoms with Crippen molar-refractivity contribution in [3.05, 3.63) is 58.9 Å². The van der Waals surface area contributed by atoms with E-state index in [0.29, 0.717) is 5.69 Å². The van der Waals surface area contributed by atoms with Crippen LogP contribution in [0, 0.1) is 5.82 Å². The normalized spacial score (nSPS) is 11.0. The van der Waals surface area contributed by atoms with E-state index in [-0.39, 0.29) is 16.3 Å². The number of carbonyl (C=O) groups is 1. The molecule has 0 fully saturated rings. The van der Waals surface area contributed by atoms with Crippen molar-refractivity contribution >= 4 is 38.9 Å². The first kappa shape index (κ1) is 16.3. The molecule has 0 unspecified atom stereocenters. The van der Waals surface area contributed by atoms with E-state index in [1.807, 2.05) is 0 Å². The van der Waals surface area contributed by atoms with Crippen LogP contribution in [0.25, 0.3) is 0 Å². The van der Waals surface area contributed by atoms with Crippen LogP contribution in [0.15, 0.2) is 42.5 Å². The Morgan fingerprint density at radius 1 is 1.14 bits per heavy atom. The molecule has 0 atom stereocenters. The van der Waals surface area contributed by atoms with Gasteiger partial charge in [0.1, 0.15) is 5.82 Å². The lowest BCUT2D eigenvalue weighted by atomic mass is 10.2. The number of rotatable bonds is 4. The van der Waals surface area contributed by atoms with Gasteiger partial charge in [-0.3, -0.25) is 9.52 Å². The second-order valence-corrected chi connectivity index (χ2v) is 6.72. The third-order valence-corrected chi connectivity index (χ3v) is 3.44. The fraction of sp³-hybridized carbons (Fsp3) is 0.0714. The monoisotopic (exact) mass is 342 g/mol. The zero-order valence-corrected chi connectivity index (χ0v) is 13.0. The molecule has 0 saturated heterocycles. The number of amides is 1. The Morgan fingerprint density at radius 2 is 1.82 bits per heavy atom. The third-order valence-electron chi connectivity index (χ3n) is 2.60. The SMILES string of the molecule is CS(=O)(=O)Nc1cccc(NC(=O)c2cc(Cl)ccc2F)c1. The Bertz CT molecular complexity index is 825. The largest absolute Gasteiger partial charge is 0.322 e. The van der Waals surface area contributed by atoms with Gasteiger partial charge in [-0.2, -0.15) is 0 Å². The third kappa shape index (κ3) is 4.44. The van der Waals surface area contributed by atoms with Crippen molar-refractivity contribution in [2.24, 2.45) is 0 Å². The highest BCUT2D eigenvalue weighted by Crippen LogP contribution is 2.19. The predicted molar refractivity (Wildman–Crippen MR) is 84.3 cm³/mol. The first-order valence-electron chi connectivity index (χ1n) is 6.09. The lowest BCUT2D eigenvalue weighted by Gasteiger charge is -2.09. The Kier molecular flexibility index (Phi) is 4.68. The second kappa shape index (κ2) is 6.33. The van der Waals surface area contributed by atoms with Crippen LogP contribution in [-0.4, -0.2) is 20.6 Å². The number of carbonyl (C=O) groups excluding carboxylic acids is 1. The molecule has 0 aliphatic rings. The summed E-state index contributed by atoms with van der Waals surface area (Å²) < 4.78 is 38.2. The highest BCUT2D eigenvalue weighted by Gasteiger charge is 2.13. The van der Waals surface area contributed by atoms with Crippen molar-refractivity contribution in [3.8, 4) is 0 Å². The molecule has 0 aliphatic carbocycles. The molecule has 8 heteroatoms. The van der Waals surface area contributed by atoms with Crippen molar-refractivity contribution < 1.29 is 17.6 Å². The molecule has 2 rings (SSSR count). The minimum atomic E-state index is -3.43. The average Bonchev–Trinajstić information content (AvgIpc) is 2.40. The number of sulfonamides is 1. The Balaban J connectivity index is 2.22. The van der Waals surface area contributed by atoms with Crippen LogP contribution in [0.1, 0.15) is 10.4 Å². The molecular weight excluding hydrogens is 331 g/mol. The Labute approximate surface area is 132 Å². The molecule has 0 radical (unpaired) electrons. The topological polar surface area (TPSA) is 75.3 Å². The van der Waals surface area contributed by atoms with Gasteiger partial charge in [-0.05, 0) is 36.4 Å². The maximum absolute atomic E-state index is 13.6. The van der Waals surface area contributed by atoms with E-state index in [4.69, 9.17) is 11.6 Å². The van der Waals surface area contributed by atoms with E-state index >= 15 is 0 Å². The van der Waals surface area contributed by atoms with E-state index < -0.39 is 21.7 Å². The van der Waals surface area contributed by atoms with Crippen LogP contribution in [0.5, 0.6) is 0 Å². The van der Waals surface area contributed by atoms with Gasteiger partial charge in [-0.1, -0.05) is 17.7 Å². The number of nitrogens with one attached hydrogen (secondary N) is 2. The molecule has 116 valence electrons. The van der Waals surface area contributed by atoms with E-state index in [1.54, 1.807) is 12.1 Å². The van der Waals surface area contributed by atoms with Crippen molar-refractivity contribution in [3.63, 3.8) is 0 Å². The first-order valence-corrected chi connectivity index (χ1v) is 8.36. The van der Waals surface area contributed by atoms with Gasteiger partial charge >= 0.3 is 0 Å². The molecule has 0 bridgehead atoms. The standard InChI is InChI=1S/C14H12ClFN2O3S/c1-22(20,21)18-11-4-2-3-10(8-11)17-14(19)12-7-9(15)5-6-13(12)16/h2-8,18H,1H3,(H,17,19). The summed E-state index contributed by atoms with van der Waals surface area (Å²) >= 11 is 5.74. The van der Waals surface area contributed by atoms with Crippen molar-refractivity contribution in [1.29, 1.82) is 0 Å². The molecule has 1 amide bonds. The van der Waals surface area contributed by atoms with Gasteiger partial charge in [0.05, 0.1) is 17.5 Å². The van der Waals surface area contributed by atoms with Gasteiger partial charge in [-0.25, -0.2) is 12.8 Å². The molecule has 22 heavy (non-hydrogen) atoms. The molecule has 2 aromatic rings. The summed E-state index contributed by atoms with van der Waals surface area (Å²) in [5.74, 6) is -1.39. The molecule has 2 N–H and O–H groups in total. The van der Waals surface area contributed by atoms with Crippen LogP contribution in [0.3, 0.4) is 0 Å². The average molecular weight is 343 g/mol. The van der Waals surface area contributed by atoms with Crippen molar-refractivity contribution in [1.82, 2.24) is 0 Å². The summed E-state index contributed by atoms with van der Waals surface area (Å²) in [6, 6.07) is 9.69. The van der Waals surface area contributed by atoms with Crippen LogP contribution in [-0.2, 0) is 10.0 Å². The van der Waals surface area contributed by atoms with E-state index in [1.165, 1.54) is 24.3 Å². The Hall–Kier alpha value is -2.12. The molecule has 0 heterocycles. The number of anilines is 2. The molecule has 0 aromatic heterocycles. The fourth-order valence-electron chi connectivity index (χ4n) is 1.74. The van der Waals surface area contributed by atoms with Gasteiger partial charge in [-0.15, -0.1) is 0 Å². The number of halogens is 2. The maximum atomic E-state index is 13.6. The van der Waals surface area contributed by atoms with Gasteiger partial charge in [0, 0.05) is 10.7 Å². The smallest absolute Gasteiger partial charge is 0.258 e. The highest BCUT2D eigenvalue weighted by molar-refractivity contribution is 7.92.